The number of hydrogen-bond acceptors (Lipinski definition) is 1. The Morgan fingerprint density at radius 2 is 1.67 bits per heavy atom. The highest BCUT2D eigenvalue weighted by Crippen LogP contribution is 2.13. The molecular weight excluding hydrogens is 205 g/mol. The van der Waals surface area contributed by atoms with Crippen LogP contribution in [0, 0.1) is 29.3 Å². The topological polar surface area (TPSA) is 20.2 Å². The average molecular weight is 214 g/mol. The van der Waals surface area contributed by atoms with E-state index in [0.717, 1.165) is 6.07 Å². The van der Waals surface area contributed by atoms with Gasteiger partial charge in [0.1, 0.15) is 5.82 Å². The molecule has 0 atom stereocenters. The molecule has 1 N–H and O–H groups in total. The first-order valence-corrected chi connectivity index (χ1v) is 4.35. The van der Waals surface area contributed by atoms with E-state index in [1.54, 1.807) is 0 Å². The Labute approximate surface area is 85.5 Å². The van der Waals surface area contributed by atoms with Crippen molar-refractivity contribution in [3.05, 3.63) is 35.1 Å². The molecule has 1 rings (SSSR count). The largest absolute Gasteiger partial charge is 0.395 e. The minimum Gasteiger partial charge on any atom is -0.395 e. The van der Waals surface area contributed by atoms with Crippen LogP contribution < -0.4 is 0 Å². The summed E-state index contributed by atoms with van der Waals surface area (Å²) in [4.78, 5) is 0. The highest BCUT2D eigenvalue weighted by Gasteiger charge is 2.08. The van der Waals surface area contributed by atoms with Crippen molar-refractivity contribution in [3.8, 4) is 11.8 Å². The number of rotatable bonds is 2. The highest BCUT2D eigenvalue weighted by molar-refractivity contribution is 5.24. The normalized spacial score (nSPS) is 9.60. The SMILES string of the molecule is OCCC#CCc1cc(F)c(F)cc1F. The summed E-state index contributed by atoms with van der Waals surface area (Å²) < 4.78 is 38.2. The number of halogens is 3. The lowest BCUT2D eigenvalue weighted by Crippen LogP contribution is -1.94. The van der Waals surface area contributed by atoms with Crippen LogP contribution in [0.25, 0.3) is 0 Å². The van der Waals surface area contributed by atoms with Gasteiger partial charge in [-0.25, -0.2) is 13.2 Å². The molecule has 80 valence electrons. The molecule has 0 fully saturated rings. The van der Waals surface area contributed by atoms with Crippen molar-refractivity contribution < 1.29 is 18.3 Å². The van der Waals surface area contributed by atoms with E-state index in [-0.39, 0.29) is 25.0 Å². The van der Waals surface area contributed by atoms with E-state index in [4.69, 9.17) is 5.11 Å². The van der Waals surface area contributed by atoms with Crippen LogP contribution in [-0.4, -0.2) is 11.7 Å². The molecule has 0 radical (unpaired) electrons. The lowest BCUT2D eigenvalue weighted by Gasteiger charge is -1.99. The quantitative estimate of drug-likeness (QED) is 0.590. The van der Waals surface area contributed by atoms with E-state index in [9.17, 15) is 13.2 Å². The fourth-order valence-electron chi connectivity index (χ4n) is 1.00. The molecule has 0 aliphatic carbocycles. The summed E-state index contributed by atoms with van der Waals surface area (Å²) in [6.07, 6.45) is 0.286. The minimum atomic E-state index is -1.21. The van der Waals surface area contributed by atoms with Crippen molar-refractivity contribution in [2.45, 2.75) is 12.8 Å². The van der Waals surface area contributed by atoms with Crippen molar-refractivity contribution in [1.82, 2.24) is 0 Å². The Hall–Kier alpha value is -1.47. The van der Waals surface area contributed by atoms with Gasteiger partial charge in [0.2, 0.25) is 0 Å². The second kappa shape index (κ2) is 5.42. The van der Waals surface area contributed by atoms with E-state index in [1.807, 2.05) is 0 Å². The Kier molecular flexibility index (Phi) is 4.19. The van der Waals surface area contributed by atoms with E-state index < -0.39 is 17.5 Å². The average Bonchev–Trinajstić information content (AvgIpc) is 2.20. The van der Waals surface area contributed by atoms with Gasteiger partial charge >= 0.3 is 0 Å². The molecule has 0 saturated heterocycles. The maximum atomic E-state index is 13.0. The predicted molar refractivity (Wildman–Crippen MR) is 49.5 cm³/mol. The van der Waals surface area contributed by atoms with Crippen LogP contribution >= 0.6 is 0 Å². The molecule has 0 aromatic heterocycles. The van der Waals surface area contributed by atoms with Gasteiger partial charge in [-0.1, -0.05) is 5.92 Å². The first-order valence-electron chi connectivity index (χ1n) is 4.35. The van der Waals surface area contributed by atoms with Gasteiger partial charge in [-0.05, 0) is 6.07 Å². The van der Waals surface area contributed by atoms with Crippen LogP contribution in [-0.2, 0) is 6.42 Å². The van der Waals surface area contributed by atoms with Crippen molar-refractivity contribution >= 4 is 0 Å². The first kappa shape index (κ1) is 11.6. The summed E-state index contributed by atoms with van der Waals surface area (Å²) >= 11 is 0. The lowest BCUT2D eigenvalue weighted by molar-refractivity contribution is 0.305. The molecule has 0 spiro atoms. The van der Waals surface area contributed by atoms with Crippen molar-refractivity contribution in [1.29, 1.82) is 0 Å². The molecule has 0 unspecified atom stereocenters. The van der Waals surface area contributed by atoms with Gasteiger partial charge in [0.25, 0.3) is 0 Å². The maximum absolute atomic E-state index is 13.0. The molecule has 1 nitrogen and oxygen atoms in total. The molecule has 1 aromatic carbocycles. The summed E-state index contributed by atoms with van der Waals surface area (Å²) in [5.74, 6) is 2.00. The van der Waals surface area contributed by atoms with E-state index in [2.05, 4.69) is 11.8 Å². The maximum Gasteiger partial charge on any atom is 0.161 e. The van der Waals surface area contributed by atoms with Crippen LogP contribution in [0.1, 0.15) is 12.0 Å². The fraction of sp³-hybridized carbons (Fsp3) is 0.273. The third-order valence-corrected chi connectivity index (χ3v) is 1.73. The van der Waals surface area contributed by atoms with Crippen LogP contribution in [0.4, 0.5) is 13.2 Å². The molecule has 0 saturated carbocycles. The van der Waals surface area contributed by atoms with Gasteiger partial charge in [-0.15, -0.1) is 5.92 Å². The summed E-state index contributed by atoms with van der Waals surface area (Å²) in [6.45, 7) is -0.0761. The zero-order chi connectivity index (χ0) is 11.3. The number of benzene rings is 1. The number of aliphatic hydroxyl groups excluding tert-OH is 1. The van der Waals surface area contributed by atoms with Crippen LogP contribution in [0.3, 0.4) is 0 Å². The van der Waals surface area contributed by atoms with Gasteiger partial charge in [0, 0.05) is 24.5 Å². The molecular formula is C11H9F3O. The van der Waals surface area contributed by atoms with Crippen molar-refractivity contribution in [2.24, 2.45) is 0 Å². The van der Waals surface area contributed by atoms with E-state index in [1.165, 1.54) is 0 Å². The van der Waals surface area contributed by atoms with Gasteiger partial charge in [-0.2, -0.15) is 0 Å². The first-order chi connectivity index (χ1) is 7.15. The van der Waals surface area contributed by atoms with E-state index >= 15 is 0 Å². The second-order valence-electron chi connectivity index (χ2n) is 2.86. The lowest BCUT2D eigenvalue weighted by atomic mass is 10.1. The zero-order valence-corrected chi connectivity index (χ0v) is 7.86. The molecule has 0 amide bonds. The molecule has 4 heteroatoms. The summed E-state index contributed by atoms with van der Waals surface area (Å²) in [5, 5.41) is 8.41. The van der Waals surface area contributed by atoms with Crippen LogP contribution in [0.2, 0.25) is 0 Å². The summed E-state index contributed by atoms with van der Waals surface area (Å²) in [6, 6.07) is 1.29. The van der Waals surface area contributed by atoms with E-state index in [0.29, 0.717) is 6.07 Å². The van der Waals surface area contributed by atoms with Gasteiger partial charge < -0.3 is 5.11 Å². The van der Waals surface area contributed by atoms with Crippen molar-refractivity contribution in [2.75, 3.05) is 6.61 Å². The minimum absolute atomic E-state index is 0.00301. The standard InChI is InChI=1S/C11H9F3O/c12-9-7-11(14)10(13)6-8(9)4-2-1-3-5-15/h6-7,15H,3-5H2. The highest BCUT2D eigenvalue weighted by atomic mass is 19.2. The summed E-state index contributed by atoms with van der Waals surface area (Å²) in [7, 11) is 0. The Balaban J connectivity index is 2.79. The Morgan fingerprint density at radius 3 is 2.33 bits per heavy atom. The van der Waals surface area contributed by atoms with Crippen LogP contribution in [0.5, 0.6) is 0 Å². The second-order valence-corrected chi connectivity index (χ2v) is 2.86. The molecule has 0 heterocycles. The van der Waals surface area contributed by atoms with Crippen LogP contribution in [0.15, 0.2) is 12.1 Å². The number of aliphatic hydroxyl groups is 1. The third kappa shape index (κ3) is 3.30. The molecule has 15 heavy (non-hydrogen) atoms. The summed E-state index contributed by atoms with van der Waals surface area (Å²) in [5.41, 5.74) is 0.0133. The monoisotopic (exact) mass is 214 g/mol. The van der Waals surface area contributed by atoms with Gasteiger partial charge in [-0.3, -0.25) is 0 Å². The molecule has 0 bridgehead atoms. The molecule has 0 aliphatic heterocycles. The Bertz CT molecular complexity index is 404. The number of hydrogen-bond donors (Lipinski definition) is 1. The van der Waals surface area contributed by atoms with Crippen molar-refractivity contribution in [3.63, 3.8) is 0 Å². The predicted octanol–water partition coefficient (Wildman–Crippen LogP) is 2.03. The molecule has 0 aliphatic rings. The fourth-order valence-corrected chi connectivity index (χ4v) is 1.00. The molecule has 1 aromatic rings. The van der Waals surface area contributed by atoms with Gasteiger partial charge in [0.05, 0.1) is 6.61 Å². The zero-order valence-electron chi connectivity index (χ0n) is 7.86. The third-order valence-electron chi connectivity index (χ3n) is 1.73. The van der Waals surface area contributed by atoms with Gasteiger partial charge in [0.15, 0.2) is 11.6 Å². The Morgan fingerprint density at radius 1 is 1.00 bits per heavy atom. The smallest absolute Gasteiger partial charge is 0.161 e.